The number of hydrogen-bond acceptors (Lipinski definition) is 3. The van der Waals surface area contributed by atoms with E-state index in [2.05, 4.69) is 0 Å². The highest BCUT2D eigenvalue weighted by Crippen LogP contribution is 2.20. The Labute approximate surface area is 120 Å². The quantitative estimate of drug-likeness (QED) is 0.790. The Hall–Kier alpha value is -0.670. The molecule has 0 fully saturated rings. The average Bonchev–Trinajstić information content (AvgIpc) is 2.29. The smallest absolute Gasteiger partial charge is 0.335 e. The van der Waals surface area contributed by atoms with Gasteiger partial charge in [-0.05, 0) is 40.8 Å². The van der Waals surface area contributed by atoms with E-state index >= 15 is 0 Å². The van der Waals surface area contributed by atoms with E-state index in [1.54, 1.807) is 13.8 Å². The van der Waals surface area contributed by atoms with E-state index in [9.17, 15) is 13.2 Å². The Kier molecular flexibility index (Phi) is 5.11. The first-order chi connectivity index (χ1) is 8.32. The van der Waals surface area contributed by atoms with Crippen LogP contribution >= 0.6 is 22.6 Å². The lowest BCUT2D eigenvalue weighted by Gasteiger charge is -2.18. The normalized spacial score (nSPS) is 11.8. The van der Waals surface area contributed by atoms with Gasteiger partial charge in [0.15, 0.2) is 0 Å². The Bertz CT molecular complexity index is 552. The topological polar surface area (TPSA) is 74.7 Å². The predicted octanol–water partition coefficient (Wildman–Crippen LogP) is 2.02. The summed E-state index contributed by atoms with van der Waals surface area (Å²) in [4.78, 5) is 11.0. The fraction of sp³-hybridized carbons (Fsp3) is 0.364. The molecule has 1 N–H and O–H groups in total. The minimum Gasteiger partial charge on any atom is -0.478 e. The second-order valence-electron chi connectivity index (χ2n) is 3.57. The Morgan fingerprint density at radius 2 is 1.83 bits per heavy atom. The molecule has 0 aliphatic carbocycles. The van der Waals surface area contributed by atoms with Gasteiger partial charge in [-0.1, -0.05) is 13.8 Å². The average molecular weight is 383 g/mol. The first-order valence-corrected chi connectivity index (χ1v) is 7.88. The summed E-state index contributed by atoms with van der Waals surface area (Å²) in [6.07, 6.45) is 0. The van der Waals surface area contributed by atoms with Gasteiger partial charge in [-0.3, -0.25) is 0 Å². The highest BCUT2D eigenvalue weighted by atomic mass is 127. The van der Waals surface area contributed by atoms with Crippen LogP contribution in [0.2, 0.25) is 0 Å². The summed E-state index contributed by atoms with van der Waals surface area (Å²) < 4.78 is 26.4. The van der Waals surface area contributed by atoms with Crippen molar-refractivity contribution >= 4 is 38.6 Å². The summed E-state index contributed by atoms with van der Waals surface area (Å²) in [7, 11) is -3.61. The zero-order chi connectivity index (χ0) is 13.9. The van der Waals surface area contributed by atoms with Gasteiger partial charge >= 0.3 is 5.97 Å². The van der Waals surface area contributed by atoms with E-state index in [-0.39, 0.29) is 10.5 Å². The van der Waals surface area contributed by atoms with Crippen LogP contribution in [0.25, 0.3) is 0 Å². The molecule has 1 aromatic rings. The molecule has 100 valence electrons. The number of nitrogens with zero attached hydrogens (tertiary/aromatic N) is 1. The maximum atomic E-state index is 12.3. The maximum Gasteiger partial charge on any atom is 0.335 e. The zero-order valence-electron chi connectivity index (χ0n) is 10.1. The summed E-state index contributed by atoms with van der Waals surface area (Å²) >= 11 is 1.91. The van der Waals surface area contributed by atoms with Gasteiger partial charge in [-0.25, -0.2) is 13.2 Å². The van der Waals surface area contributed by atoms with Gasteiger partial charge in [-0.2, -0.15) is 4.31 Å². The zero-order valence-corrected chi connectivity index (χ0v) is 13.0. The molecular weight excluding hydrogens is 369 g/mol. The number of rotatable bonds is 5. The summed E-state index contributed by atoms with van der Waals surface area (Å²) in [6, 6.07) is 4.10. The first-order valence-electron chi connectivity index (χ1n) is 5.37. The van der Waals surface area contributed by atoms with Gasteiger partial charge in [0.05, 0.1) is 10.5 Å². The summed E-state index contributed by atoms with van der Waals surface area (Å²) in [6.45, 7) is 4.19. The molecule has 5 nitrogen and oxygen atoms in total. The third-order valence-corrected chi connectivity index (χ3v) is 5.11. The lowest BCUT2D eigenvalue weighted by Crippen LogP contribution is -2.30. The van der Waals surface area contributed by atoms with E-state index in [1.807, 2.05) is 22.6 Å². The van der Waals surface area contributed by atoms with Gasteiger partial charge in [0.25, 0.3) is 0 Å². The van der Waals surface area contributed by atoms with Crippen molar-refractivity contribution in [3.63, 3.8) is 0 Å². The molecule has 0 heterocycles. The Morgan fingerprint density at radius 1 is 1.28 bits per heavy atom. The lowest BCUT2D eigenvalue weighted by atomic mass is 10.2. The molecule has 0 saturated carbocycles. The Morgan fingerprint density at radius 3 is 2.28 bits per heavy atom. The van der Waals surface area contributed by atoms with E-state index in [4.69, 9.17) is 5.11 Å². The number of sulfonamides is 1. The van der Waals surface area contributed by atoms with E-state index in [0.717, 1.165) is 0 Å². The summed E-state index contributed by atoms with van der Waals surface area (Å²) in [5, 5.41) is 8.94. The third kappa shape index (κ3) is 3.21. The van der Waals surface area contributed by atoms with Crippen LogP contribution in [0.3, 0.4) is 0 Å². The Balaban J connectivity index is 3.37. The van der Waals surface area contributed by atoms with Crippen molar-refractivity contribution in [2.45, 2.75) is 18.7 Å². The summed E-state index contributed by atoms with van der Waals surface area (Å²) in [5.74, 6) is -1.13. The number of benzene rings is 1. The third-order valence-electron chi connectivity index (χ3n) is 2.46. The predicted molar refractivity (Wildman–Crippen MR) is 76.2 cm³/mol. The molecular formula is C11H14INO4S. The van der Waals surface area contributed by atoms with E-state index in [1.165, 1.54) is 22.5 Å². The number of carboxylic acids is 1. The van der Waals surface area contributed by atoms with E-state index in [0.29, 0.717) is 16.7 Å². The van der Waals surface area contributed by atoms with Gasteiger partial charge in [-0.15, -0.1) is 0 Å². The molecule has 1 rings (SSSR count). The second-order valence-corrected chi connectivity index (χ2v) is 6.75. The van der Waals surface area contributed by atoms with Crippen molar-refractivity contribution in [2.75, 3.05) is 13.1 Å². The van der Waals surface area contributed by atoms with Crippen LogP contribution in [0, 0.1) is 3.57 Å². The van der Waals surface area contributed by atoms with Crippen molar-refractivity contribution in [3.8, 4) is 0 Å². The molecule has 0 amide bonds. The number of aromatic carboxylic acids is 1. The highest BCUT2D eigenvalue weighted by molar-refractivity contribution is 14.1. The molecule has 0 spiro atoms. The van der Waals surface area contributed by atoms with Crippen molar-refractivity contribution < 1.29 is 18.3 Å². The minimum atomic E-state index is -3.61. The van der Waals surface area contributed by atoms with Gasteiger partial charge < -0.3 is 5.11 Å². The minimum absolute atomic E-state index is 0.0207. The molecule has 7 heteroatoms. The molecule has 0 atom stereocenters. The van der Waals surface area contributed by atoms with Crippen LogP contribution < -0.4 is 0 Å². The lowest BCUT2D eigenvalue weighted by molar-refractivity contribution is 0.0696. The number of carbonyl (C=O) groups is 1. The molecule has 0 aliphatic heterocycles. The molecule has 0 aliphatic rings. The van der Waals surface area contributed by atoms with Crippen LogP contribution in [0.1, 0.15) is 24.2 Å². The van der Waals surface area contributed by atoms with Crippen LogP contribution in [-0.2, 0) is 10.0 Å². The van der Waals surface area contributed by atoms with Crippen molar-refractivity contribution in [1.29, 1.82) is 0 Å². The largest absolute Gasteiger partial charge is 0.478 e. The number of carboxylic acid groups (broad SMARTS) is 1. The van der Waals surface area contributed by atoms with Crippen molar-refractivity contribution in [3.05, 3.63) is 27.3 Å². The van der Waals surface area contributed by atoms with Gasteiger partial charge in [0.2, 0.25) is 10.0 Å². The second kappa shape index (κ2) is 5.98. The van der Waals surface area contributed by atoms with Crippen LogP contribution in [0.4, 0.5) is 0 Å². The molecule has 1 aromatic carbocycles. The van der Waals surface area contributed by atoms with Gasteiger partial charge in [0, 0.05) is 16.7 Å². The first kappa shape index (κ1) is 15.4. The van der Waals surface area contributed by atoms with Crippen molar-refractivity contribution in [2.24, 2.45) is 0 Å². The summed E-state index contributed by atoms with van der Waals surface area (Å²) in [5.41, 5.74) is -0.0207. The highest BCUT2D eigenvalue weighted by Gasteiger charge is 2.23. The van der Waals surface area contributed by atoms with E-state index < -0.39 is 16.0 Å². The molecule has 0 unspecified atom stereocenters. The maximum absolute atomic E-state index is 12.3. The van der Waals surface area contributed by atoms with Crippen LogP contribution in [-0.4, -0.2) is 36.9 Å². The van der Waals surface area contributed by atoms with Crippen LogP contribution in [0.15, 0.2) is 23.1 Å². The van der Waals surface area contributed by atoms with Crippen LogP contribution in [0.5, 0.6) is 0 Å². The molecule has 0 bridgehead atoms. The number of halogens is 1. The standard InChI is InChI=1S/C11H14INO4S/c1-3-13(4-2)18(16,17)10-6-8(11(14)15)5-9(12)7-10/h5-7H,3-4H2,1-2H3,(H,14,15). The molecule has 0 radical (unpaired) electrons. The fourth-order valence-corrected chi connectivity index (χ4v) is 3.96. The molecule has 0 aromatic heterocycles. The van der Waals surface area contributed by atoms with Crippen molar-refractivity contribution in [1.82, 2.24) is 4.31 Å². The number of hydrogen-bond donors (Lipinski definition) is 1. The molecule has 0 saturated heterocycles. The monoisotopic (exact) mass is 383 g/mol. The molecule has 18 heavy (non-hydrogen) atoms. The SMILES string of the molecule is CCN(CC)S(=O)(=O)c1cc(I)cc(C(=O)O)c1. The van der Waals surface area contributed by atoms with Gasteiger partial charge in [0.1, 0.15) is 0 Å². The fourth-order valence-electron chi connectivity index (χ4n) is 1.55.